The molecule has 0 aliphatic carbocycles. The smallest absolute Gasteiger partial charge is 0.303 e. The predicted molar refractivity (Wildman–Crippen MR) is 203 cm³/mol. The Hall–Kier alpha value is -4.53. The Bertz CT molecular complexity index is 2190. The van der Waals surface area contributed by atoms with Crippen LogP contribution in [0.4, 0.5) is 11.4 Å². The number of hydrogen-bond donors (Lipinski definition) is 1. The maximum absolute atomic E-state index is 11.5. The first-order chi connectivity index (χ1) is 23.8. The summed E-state index contributed by atoms with van der Waals surface area (Å²) >= 11 is 0. The second kappa shape index (κ2) is 14.0. The standard InChI is InChI=1S/C42H46N2O5S/c1-41(2)36(43(27-14-6-9-22-38(45)46)34-25-23-30-16-10-12-18-32(30)39(34)41)20-7-5-8-21-37-42(3,4)40-33-19-13-11-17-31(33)24-26-35(40)44(37)28-15-29-50(47,48)49/h5,7-8,10-13,16-21,23-26H,6,9,14-15,22,27-29H2,1-4H3,(H-,45,46,47,48,49). The molecular formula is C42H46N2O5S. The minimum Gasteiger partial charge on any atom is -0.748 e. The molecule has 0 unspecified atom stereocenters. The zero-order valence-corrected chi connectivity index (χ0v) is 30.2. The largest absolute Gasteiger partial charge is 0.748 e. The fourth-order valence-corrected chi connectivity index (χ4v) is 8.52. The van der Waals surface area contributed by atoms with Crippen molar-refractivity contribution >= 4 is 54.7 Å². The Kier molecular flexibility index (Phi) is 9.89. The molecule has 2 aliphatic rings. The van der Waals surface area contributed by atoms with Gasteiger partial charge in [-0.1, -0.05) is 93.1 Å². The van der Waals surface area contributed by atoms with E-state index in [1.54, 1.807) is 0 Å². The summed E-state index contributed by atoms with van der Waals surface area (Å²) in [6.07, 6.45) is 13.3. The molecule has 6 rings (SSSR count). The summed E-state index contributed by atoms with van der Waals surface area (Å²) in [5, 5.41) is 13.9. The number of allylic oxidation sites excluding steroid dienone is 6. The van der Waals surface area contributed by atoms with E-state index in [9.17, 15) is 17.8 Å². The molecule has 0 fully saturated rings. The third-order valence-corrected chi connectivity index (χ3v) is 11.1. The molecule has 7 nitrogen and oxygen atoms in total. The second-order valence-corrected chi connectivity index (χ2v) is 15.9. The van der Waals surface area contributed by atoms with Crippen molar-refractivity contribution in [2.75, 3.05) is 23.7 Å². The lowest BCUT2D eigenvalue weighted by Crippen LogP contribution is -2.28. The summed E-state index contributed by atoms with van der Waals surface area (Å²) in [5.74, 6) is -1.15. The molecule has 0 aromatic heterocycles. The SMILES string of the molecule is CC1(C)C(/C=C/C=C/C=C2\N(CCCCCC(=O)O)c3ccc4ccccc4c3C2(C)C)=[N+](CCCS(=O)(=O)[O-])c2ccc3ccccc3c21. The highest BCUT2D eigenvalue weighted by atomic mass is 32.2. The van der Waals surface area contributed by atoms with E-state index in [0.717, 1.165) is 36.2 Å². The number of unbranched alkanes of at least 4 members (excludes halogenated alkanes) is 2. The molecule has 4 aromatic rings. The van der Waals surface area contributed by atoms with Crippen LogP contribution in [-0.4, -0.2) is 53.2 Å². The van der Waals surface area contributed by atoms with Gasteiger partial charge in [0.1, 0.15) is 6.54 Å². The lowest BCUT2D eigenvalue weighted by atomic mass is 9.79. The molecule has 0 spiro atoms. The van der Waals surface area contributed by atoms with Crippen LogP contribution in [-0.2, 0) is 25.7 Å². The second-order valence-electron chi connectivity index (χ2n) is 14.4. The van der Waals surface area contributed by atoms with Gasteiger partial charge in [-0.15, -0.1) is 0 Å². The average Bonchev–Trinajstić information content (AvgIpc) is 3.42. The van der Waals surface area contributed by atoms with Crippen LogP contribution in [0.1, 0.15) is 70.9 Å². The van der Waals surface area contributed by atoms with E-state index in [1.165, 1.54) is 38.7 Å². The van der Waals surface area contributed by atoms with Gasteiger partial charge in [0.25, 0.3) is 0 Å². The van der Waals surface area contributed by atoms with Crippen LogP contribution in [0.5, 0.6) is 0 Å². The van der Waals surface area contributed by atoms with Gasteiger partial charge in [-0.3, -0.25) is 4.79 Å². The van der Waals surface area contributed by atoms with Crippen LogP contribution in [0.2, 0.25) is 0 Å². The summed E-state index contributed by atoms with van der Waals surface area (Å²) < 4.78 is 36.6. The average molecular weight is 691 g/mol. The van der Waals surface area contributed by atoms with Gasteiger partial charge in [-0.2, -0.15) is 4.58 Å². The minimum atomic E-state index is -4.31. The van der Waals surface area contributed by atoms with Crippen molar-refractivity contribution < 1.29 is 27.4 Å². The fourth-order valence-electron chi connectivity index (χ4n) is 8.03. The van der Waals surface area contributed by atoms with Gasteiger partial charge in [-0.05, 0) is 72.0 Å². The van der Waals surface area contributed by atoms with E-state index < -0.39 is 21.8 Å². The number of benzene rings is 4. The van der Waals surface area contributed by atoms with Gasteiger partial charge < -0.3 is 14.6 Å². The summed E-state index contributed by atoms with van der Waals surface area (Å²) in [6.45, 7) is 10.2. The normalized spacial score (nSPS) is 17.5. The Morgan fingerprint density at radius 1 is 0.800 bits per heavy atom. The van der Waals surface area contributed by atoms with Crippen molar-refractivity contribution in [1.29, 1.82) is 0 Å². The molecular weight excluding hydrogens is 645 g/mol. The van der Waals surface area contributed by atoms with E-state index in [0.29, 0.717) is 13.0 Å². The van der Waals surface area contributed by atoms with E-state index in [-0.39, 0.29) is 23.7 Å². The van der Waals surface area contributed by atoms with Gasteiger partial charge in [0.2, 0.25) is 5.69 Å². The summed E-state index contributed by atoms with van der Waals surface area (Å²) in [6, 6.07) is 25.4. The quantitative estimate of drug-likeness (QED) is 0.0652. The van der Waals surface area contributed by atoms with E-state index >= 15 is 0 Å². The molecule has 0 bridgehead atoms. The van der Waals surface area contributed by atoms with Gasteiger partial charge in [0.05, 0.1) is 15.5 Å². The zero-order chi connectivity index (χ0) is 35.7. The number of rotatable bonds is 13. The third-order valence-electron chi connectivity index (χ3n) is 10.3. The van der Waals surface area contributed by atoms with Crippen LogP contribution in [0.25, 0.3) is 21.5 Å². The topological polar surface area (TPSA) is 101 Å². The zero-order valence-electron chi connectivity index (χ0n) is 29.4. The third kappa shape index (κ3) is 6.92. The molecule has 0 radical (unpaired) electrons. The number of carboxylic acid groups (broad SMARTS) is 1. The van der Waals surface area contributed by atoms with Crippen LogP contribution in [0.3, 0.4) is 0 Å². The molecule has 260 valence electrons. The molecule has 0 amide bonds. The number of carboxylic acids is 1. The van der Waals surface area contributed by atoms with Gasteiger partial charge in [0.15, 0.2) is 5.71 Å². The summed E-state index contributed by atoms with van der Waals surface area (Å²) in [5.41, 5.74) is 6.37. The monoisotopic (exact) mass is 690 g/mol. The molecule has 2 heterocycles. The fraction of sp³-hybridized carbons (Fsp3) is 0.333. The number of aliphatic carboxylic acids is 1. The molecule has 0 atom stereocenters. The maximum Gasteiger partial charge on any atom is 0.303 e. The van der Waals surface area contributed by atoms with Crippen molar-refractivity contribution in [2.45, 2.75) is 70.6 Å². The molecule has 2 aliphatic heterocycles. The van der Waals surface area contributed by atoms with E-state index in [4.69, 9.17) is 5.11 Å². The van der Waals surface area contributed by atoms with Gasteiger partial charge in [0, 0.05) is 59.6 Å². The van der Waals surface area contributed by atoms with Gasteiger partial charge >= 0.3 is 5.97 Å². The molecule has 8 heteroatoms. The molecule has 50 heavy (non-hydrogen) atoms. The van der Waals surface area contributed by atoms with Crippen molar-refractivity contribution in [1.82, 2.24) is 0 Å². The van der Waals surface area contributed by atoms with Crippen molar-refractivity contribution in [3.8, 4) is 0 Å². The summed E-state index contributed by atoms with van der Waals surface area (Å²) in [4.78, 5) is 13.5. The first kappa shape index (κ1) is 35.3. The van der Waals surface area contributed by atoms with E-state index in [1.807, 2.05) is 24.3 Å². The number of nitrogens with zero attached hydrogens (tertiary/aromatic N) is 2. The Balaban J connectivity index is 1.32. The first-order valence-corrected chi connectivity index (χ1v) is 19.1. The van der Waals surface area contributed by atoms with E-state index in [2.05, 4.69) is 116 Å². The molecule has 1 N–H and O–H groups in total. The molecule has 0 saturated carbocycles. The molecule has 0 saturated heterocycles. The van der Waals surface area contributed by atoms with Crippen molar-refractivity contribution in [3.63, 3.8) is 0 Å². The minimum absolute atomic E-state index is 0.191. The summed E-state index contributed by atoms with van der Waals surface area (Å²) in [7, 11) is -4.31. The number of hydrogen-bond acceptors (Lipinski definition) is 5. The first-order valence-electron chi connectivity index (χ1n) is 17.5. The number of fused-ring (bicyclic) bond motifs is 6. The highest BCUT2D eigenvalue weighted by Gasteiger charge is 2.45. The van der Waals surface area contributed by atoms with Crippen LogP contribution >= 0.6 is 0 Å². The Labute approximate surface area is 295 Å². The Morgan fingerprint density at radius 2 is 1.46 bits per heavy atom. The number of carbonyl (C=O) groups is 1. The van der Waals surface area contributed by atoms with Crippen LogP contribution in [0.15, 0.2) is 109 Å². The lowest BCUT2D eigenvalue weighted by Gasteiger charge is -2.27. The van der Waals surface area contributed by atoms with Crippen LogP contribution < -0.4 is 4.90 Å². The molecule has 4 aromatic carbocycles. The van der Waals surface area contributed by atoms with Crippen molar-refractivity contribution in [2.24, 2.45) is 0 Å². The highest BCUT2D eigenvalue weighted by molar-refractivity contribution is 7.85. The Morgan fingerprint density at radius 3 is 2.14 bits per heavy atom. The van der Waals surface area contributed by atoms with Gasteiger partial charge in [-0.25, -0.2) is 8.42 Å². The lowest BCUT2D eigenvalue weighted by molar-refractivity contribution is -0.437. The van der Waals surface area contributed by atoms with Crippen molar-refractivity contribution in [3.05, 3.63) is 120 Å². The predicted octanol–water partition coefficient (Wildman–Crippen LogP) is 8.74. The highest BCUT2D eigenvalue weighted by Crippen LogP contribution is 2.51. The van der Waals surface area contributed by atoms with Crippen LogP contribution in [0, 0.1) is 0 Å². The number of anilines is 1. The maximum atomic E-state index is 11.5.